The molecule has 6 rings (SSSR count). The highest BCUT2D eigenvalue weighted by atomic mass is 19.1. The first-order chi connectivity index (χ1) is 20.3. The first kappa shape index (κ1) is 28.2. The molecule has 0 spiro atoms. The molecule has 1 N–H and O–H groups in total. The van der Waals surface area contributed by atoms with Crippen molar-refractivity contribution in [2.75, 3.05) is 45.8 Å². The Balaban J connectivity index is 1.48. The molecule has 2 fully saturated rings. The summed E-state index contributed by atoms with van der Waals surface area (Å²) in [6, 6.07) is 8.77. The molecule has 0 aliphatic carbocycles. The summed E-state index contributed by atoms with van der Waals surface area (Å²) < 4.78 is 43.0. The zero-order chi connectivity index (χ0) is 29.5. The maximum Gasteiger partial charge on any atom is 0.319 e. The quantitative estimate of drug-likeness (QED) is 0.327. The molecule has 2 aromatic carbocycles. The molecule has 2 aliphatic heterocycles. The van der Waals surface area contributed by atoms with Crippen molar-refractivity contribution >= 4 is 27.5 Å². The van der Waals surface area contributed by atoms with Crippen LogP contribution in [0.3, 0.4) is 0 Å². The standard InChI is InChI=1S/C32H34F2N6O2/c1-6-22-25(33)11-10-19-8-7-9-23(27(19)22)29-28(34)30-24(15-36-29)31(40(4)26-12-13-35-18(26)2)38-32(37-30)42-17-20-14-21(41-5)16-39(20)3/h1,7-11,15,18,20-21,26,35H,12-14,16-17H2,2-5H3/t18-,20+,21-,26-/m1/s1. The maximum atomic E-state index is 16.6. The molecule has 2 aliphatic rings. The van der Waals surface area contributed by atoms with Crippen molar-refractivity contribution in [3.8, 4) is 29.6 Å². The van der Waals surface area contributed by atoms with Gasteiger partial charge < -0.3 is 19.7 Å². The lowest BCUT2D eigenvalue weighted by atomic mass is 9.96. The average Bonchev–Trinajstić information content (AvgIpc) is 3.59. The van der Waals surface area contributed by atoms with Crippen LogP contribution in [0.5, 0.6) is 6.01 Å². The molecule has 0 amide bonds. The first-order valence-corrected chi connectivity index (χ1v) is 14.2. The number of benzene rings is 2. The van der Waals surface area contributed by atoms with Gasteiger partial charge in [0.05, 0.1) is 17.1 Å². The Bertz CT molecular complexity index is 1690. The molecule has 8 nitrogen and oxygen atoms in total. The Morgan fingerprint density at radius 1 is 1.21 bits per heavy atom. The van der Waals surface area contributed by atoms with Crippen LogP contribution in [0.15, 0.2) is 36.5 Å². The number of fused-ring (bicyclic) bond motifs is 2. The summed E-state index contributed by atoms with van der Waals surface area (Å²) >= 11 is 0. The van der Waals surface area contributed by atoms with Crippen LogP contribution in [-0.2, 0) is 4.74 Å². The number of aromatic nitrogens is 3. The van der Waals surface area contributed by atoms with E-state index >= 15 is 4.39 Å². The highest BCUT2D eigenvalue weighted by molar-refractivity contribution is 6.02. The summed E-state index contributed by atoms with van der Waals surface area (Å²) in [7, 11) is 5.68. The normalized spacial score (nSPS) is 22.6. The van der Waals surface area contributed by atoms with Gasteiger partial charge in [-0.1, -0.05) is 30.2 Å². The molecule has 0 saturated carbocycles. The largest absolute Gasteiger partial charge is 0.462 e. The second-order valence-corrected chi connectivity index (χ2v) is 11.2. The topological polar surface area (TPSA) is 75.6 Å². The Morgan fingerprint density at radius 3 is 2.76 bits per heavy atom. The molecule has 0 bridgehead atoms. The molecule has 0 unspecified atom stereocenters. The predicted octanol–water partition coefficient (Wildman–Crippen LogP) is 4.39. The third-order valence-corrected chi connectivity index (χ3v) is 8.74. The van der Waals surface area contributed by atoms with Crippen LogP contribution in [0, 0.1) is 24.0 Å². The van der Waals surface area contributed by atoms with Crippen LogP contribution in [0.1, 0.15) is 25.3 Å². The number of ether oxygens (including phenoxy) is 2. The summed E-state index contributed by atoms with van der Waals surface area (Å²) in [6.07, 6.45) is 9.12. The molecule has 10 heteroatoms. The van der Waals surface area contributed by atoms with E-state index in [1.165, 1.54) is 6.07 Å². The number of likely N-dealkylation sites (N-methyl/N-ethyl adjacent to an activating group) is 2. The van der Waals surface area contributed by atoms with Gasteiger partial charge in [-0.3, -0.25) is 9.88 Å². The Kier molecular flexibility index (Phi) is 7.66. The van der Waals surface area contributed by atoms with Gasteiger partial charge in [0, 0.05) is 56.0 Å². The molecule has 4 aromatic rings. The number of rotatable bonds is 7. The number of hydrogen-bond acceptors (Lipinski definition) is 8. The van der Waals surface area contributed by atoms with E-state index in [4.69, 9.17) is 20.9 Å². The van der Waals surface area contributed by atoms with E-state index in [1.54, 1.807) is 31.5 Å². The number of nitrogens with zero attached hydrogens (tertiary/aromatic N) is 5. The fraction of sp³-hybridized carbons (Fsp3) is 0.406. The smallest absolute Gasteiger partial charge is 0.319 e. The SMILES string of the molecule is C#Cc1c(F)ccc2cccc(-c3ncc4c(N(C)[C@@H]5CCN[C@@H]5C)nc(OC[C@@H]5C[C@@H](OC)CN5C)nc4c3F)c12. The van der Waals surface area contributed by atoms with Gasteiger partial charge in [0.25, 0.3) is 0 Å². The van der Waals surface area contributed by atoms with E-state index in [-0.39, 0.29) is 47.0 Å². The maximum absolute atomic E-state index is 16.6. The third kappa shape index (κ3) is 4.91. The number of nitrogens with one attached hydrogen (secondary N) is 1. The molecular weight excluding hydrogens is 538 g/mol. The number of likely N-dealkylation sites (tertiary alicyclic amines) is 1. The van der Waals surface area contributed by atoms with Crippen molar-refractivity contribution in [2.24, 2.45) is 0 Å². The highest BCUT2D eigenvalue weighted by Crippen LogP contribution is 2.37. The zero-order valence-electron chi connectivity index (χ0n) is 24.2. The molecule has 4 atom stereocenters. The molecule has 2 saturated heterocycles. The van der Waals surface area contributed by atoms with Crippen molar-refractivity contribution in [1.82, 2.24) is 25.2 Å². The van der Waals surface area contributed by atoms with Crippen LogP contribution in [0.4, 0.5) is 14.6 Å². The summed E-state index contributed by atoms with van der Waals surface area (Å²) in [5.74, 6) is 1.77. The minimum Gasteiger partial charge on any atom is -0.462 e. The van der Waals surface area contributed by atoms with Crippen molar-refractivity contribution in [3.05, 3.63) is 53.7 Å². The number of terminal acetylenes is 1. The van der Waals surface area contributed by atoms with E-state index in [2.05, 4.69) is 37.9 Å². The van der Waals surface area contributed by atoms with Gasteiger partial charge in [-0.2, -0.15) is 9.97 Å². The van der Waals surface area contributed by atoms with Crippen LogP contribution in [0.25, 0.3) is 32.9 Å². The van der Waals surface area contributed by atoms with E-state index < -0.39 is 11.6 Å². The van der Waals surface area contributed by atoms with Crippen molar-refractivity contribution < 1.29 is 18.3 Å². The molecule has 218 valence electrons. The van der Waals surface area contributed by atoms with E-state index in [0.29, 0.717) is 34.1 Å². The number of pyridine rings is 1. The first-order valence-electron chi connectivity index (χ1n) is 14.2. The second-order valence-electron chi connectivity index (χ2n) is 11.2. The summed E-state index contributed by atoms with van der Waals surface area (Å²) in [5, 5.41) is 5.04. The number of methoxy groups -OCH3 is 1. The van der Waals surface area contributed by atoms with Crippen molar-refractivity contribution in [3.63, 3.8) is 0 Å². The lowest BCUT2D eigenvalue weighted by molar-refractivity contribution is 0.111. The summed E-state index contributed by atoms with van der Waals surface area (Å²) in [4.78, 5) is 18.1. The van der Waals surface area contributed by atoms with Gasteiger partial charge in [0.2, 0.25) is 0 Å². The zero-order valence-corrected chi connectivity index (χ0v) is 24.2. The number of hydrogen-bond donors (Lipinski definition) is 1. The molecule has 0 radical (unpaired) electrons. The molecule has 4 heterocycles. The van der Waals surface area contributed by atoms with Gasteiger partial charge in [-0.15, -0.1) is 6.42 Å². The molecule has 42 heavy (non-hydrogen) atoms. The lowest BCUT2D eigenvalue weighted by Crippen LogP contribution is -2.40. The van der Waals surface area contributed by atoms with Gasteiger partial charge in [0.15, 0.2) is 5.82 Å². The van der Waals surface area contributed by atoms with Gasteiger partial charge in [-0.05, 0) is 44.8 Å². The Hall–Kier alpha value is -3.91. The third-order valence-electron chi connectivity index (χ3n) is 8.74. The van der Waals surface area contributed by atoms with E-state index in [9.17, 15) is 4.39 Å². The van der Waals surface area contributed by atoms with Crippen LogP contribution < -0.4 is 15.0 Å². The van der Waals surface area contributed by atoms with Crippen LogP contribution >= 0.6 is 0 Å². The fourth-order valence-corrected chi connectivity index (χ4v) is 6.33. The molecule has 2 aromatic heterocycles. The van der Waals surface area contributed by atoms with Crippen molar-refractivity contribution in [2.45, 2.75) is 44.0 Å². The van der Waals surface area contributed by atoms with Crippen molar-refractivity contribution in [1.29, 1.82) is 0 Å². The fourth-order valence-electron chi connectivity index (χ4n) is 6.33. The average molecular weight is 573 g/mol. The Labute approximate surface area is 244 Å². The van der Waals surface area contributed by atoms with E-state index in [0.717, 1.165) is 25.9 Å². The molecular formula is C32H34F2N6O2. The summed E-state index contributed by atoms with van der Waals surface area (Å²) in [5.41, 5.74) is 0.565. The lowest BCUT2D eigenvalue weighted by Gasteiger charge is -2.29. The number of anilines is 1. The highest BCUT2D eigenvalue weighted by Gasteiger charge is 2.32. The second kappa shape index (κ2) is 11.4. The minimum absolute atomic E-state index is 0.0304. The van der Waals surface area contributed by atoms with Crippen LogP contribution in [-0.4, -0.2) is 85.0 Å². The van der Waals surface area contributed by atoms with Gasteiger partial charge in [-0.25, -0.2) is 8.78 Å². The van der Waals surface area contributed by atoms with E-state index in [1.807, 2.05) is 20.2 Å². The van der Waals surface area contributed by atoms with Crippen LogP contribution in [0.2, 0.25) is 0 Å². The number of halogens is 2. The monoisotopic (exact) mass is 572 g/mol. The van der Waals surface area contributed by atoms with Gasteiger partial charge >= 0.3 is 6.01 Å². The summed E-state index contributed by atoms with van der Waals surface area (Å²) in [6.45, 7) is 4.14. The minimum atomic E-state index is -0.649. The van der Waals surface area contributed by atoms with Gasteiger partial charge in [0.1, 0.15) is 29.5 Å². The Morgan fingerprint density at radius 2 is 2.05 bits per heavy atom. The predicted molar refractivity (Wildman–Crippen MR) is 160 cm³/mol.